The third-order valence-electron chi connectivity index (χ3n) is 2.22. The van der Waals surface area contributed by atoms with Gasteiger partial charge in [0.1, 0.15) is 0 Å². The summed E-state index contributed by atoms with van der Waals surface area (Å²) in [6, 6.07) is 9.54. The van der Waals surface area contributed by atoms with E-state index in [2.05, 4.69) is 15.0 Å². The highest BCUT2D eigenvalue weighted by Crippen LogP contribution is 2.24. The summed E-state index contributed by atoms with van der Waals surface area (Å²) in [5.74, 6) is 0.744. The second-order valence-corrected chi connectivity index (χ2v) is 4.34. The van der Waals surface area contributed by atoms with Crippen LogP contribution in [-0.2, 0) is 5.75 Å². The van der Waals surface area contributed by atoms with Gasteiger partial charge in [0, 0.05) is 18.1 Å². The standard InChI is InChI=1S/C12H9N3OS/c1-2-6-13-9(4-1)8-17-12-15-11-10(16-12)5-3-7-14-11/h1-7H,8H2. The van der Waals surface area contributed by atoms with Gasteiger partial charge in [-0.15, -0.1) is 0 Å². The second-order valence-electron chi connectivity index (χ2n) is 3.41. The van der Waals surface area contributed by atoms with Crippen molar-refractivity contribution in [3.8, 4) is 0 Å². The summed E-state index contributed by atoms with van der Waals surface area (Å²) in [6.07, 6.45) is 3.49. The molecule has 4 nitrogen and oxygen atoms in total. The Hall–Kier alpha value is -1.88. The highest BCUT2D eigenvalue weighted by atomic mass is 32.2. The molecule has 0 bridgehead atoms. The van der Waals surface area contributed by atoms with Gasteiger partial charge in [0.2, 0.25) is 0 Å². The van der Waals surface area contributed by atoms with E-state index in [9.17, 15) is 0 Å². The number of hydrogen-bond donors (Lipinski definition) is 0. The molecule has 3 heterocycles. The maximum atomic E-state index is 5.55. The number of oxazole rings is 1. The number of thioether (sulfide) groups is 1. The van der Waals surface area contributed by atoms with E-state index in [0.717, 1.165) is 17.0 Å². The number of rotatable bonds is 3. The van der Waals surface area contributed by atoms with E-state index < -0.39 is 0 Å². The molecule has 0 unspecified atom stereocenters. The zero-order chi connectivity index (χ0) is 11.5. The molecule has 0 aromatic carbocycles. The zero-order valence-corrected chi connectivity index (χ0v) is 9.72. The Labute approximate surface area is 102 Å². The number of pyridine rings is 2. The molecule has 0 aliphatic carbocycles. The van der Waals surface area contributed by atoms with Crippen molar-refractivity contribution in [1.82, 2.24) is 15.0 Å². The molecule has 3 aromatic rings. The van der Waals surface area contributed by atoms with Crippen LogP contribution >= 0.6 is 11.8 Å². The Balaban J connectivity index is 1.77. The average molecular weight is 243 g/mol. The summed E-state index contributed by atoms with van der Waals surface area (Å²) in [5, 5.41) is 0.629. The molecule has 0 radical (unpaired) electrons. The van der Waals surface area contributed by atoms with Crippen LogP contribution < -0.4 is 0 Å². The lowest BCUT2D eigenvalue weighted by molar-refractivity contribution is 0.489. The molecule has 0 fully saturated rings. The Kier molecular flexibility index (Phi) is 2.75. The number of hydrogen-bond acceptors (Lipinski definition) is 5. The van der Waals surface area contributed by atoms with E-state index in [-0.39, 0.29) is 0 Å². The fourth-order valence-electron chi connectivity index (χ4n) is 1.43. The van der Waals surface area contributed by atoms with Crippen LogP contribution in [0.1, 0.15) is 5.69 Å². The first-order valence-corrected chi connectivity index (χ1v) is 6.15. The van der Waals surface area contributed by atoms with Gasteiger partial charge in [-0.05, 0) is 24.3 Å². The lowest BCUT2D eigenvalue weighted by Gasteiger charge is -1.95. The van der Waals surface area contributed by atoms with Gasteiger partial charge in [-0.3, -0.25) is 4.98 Å². The minimum atomic E-state index is 0.629. The Morgan fingerprint density at radius 1 is 1.06 bits per heavy atom. The zero-order valence-electron chi connectivity index (χ0n) is 8.91. The normalized spacial score (nSPS) is 10.8. The molecule has 0 amide bonds. The lowest BCUT2D eigenvalue weighted by atomic mass is 10.4. The SMILES string of the molecule is c1ccc(CSc2nc3ncccc3o2)nc1. The molecule has 0 aliphatic heterocycles. The van der Waals surface area contributed by atoms with Crippen molar-refractivity contribution in [3.05, 3.63) is 48.4 Å². The molecule has 0 spiro atoms. The van der Waals surface area contributed by atoms with Crippen molar-refractivity contribution in [2.45, 2.75) is 11.0 Å². The van der Waals surface area contributed by atoms with E-state index in [1.165, 1.54) is 11.8 Å². The summed E-state index contributed by atoms with van der Waals surface area (Å²) in [5.41, 5.74) is 2.37. The molecule has 0 aliphatic rings. The number of nitrogens with zero attached hydrogens (tertiary/aromatic N) is 3. The van der Waals surface area contributed by atoms with Crippen molar-refractivity contribution in [3.63, 3.8) is 0 Å². The fourth-order valence-corrected chi connectivity index (χ4v) is 2.17. The summed E-state index contributed by atoms with van der Waals surface area (Å²) in [7, 11) is 0. The van der Waals surface area contributed by atoms with E-state index in [1.54, 1.807) is 12.4 Å². The van der Waals surface area contributed by atoms with Crippen LogP contribution in [0.4, 0.5) is 0 Å². The van der Waals surface area contributed by atoms with Crippen molar-refractivity contribution >= 4 is 23.0 Å². The molecule has 84 valence electrons. The first kappa shape index (κ1) is 10.3. The van der Waals surface area contributed by atoms with Crippen molar-refractivity contribution in [2.75, 3.05) is 0 Å². The van der Waals surface area contributed by atoms with Crippen molar-refractivity contribution < 1.29 is 4.42 Å². The lowest BCUT2D eigenvalue weighted by Crippen LogP contribution is -1.84. The Bertz CT molecular complexity index is 591. The summed E-state index contributed by atoms with van der Waals surface area (Å²) in [4.78, 5) is 12.7. The molecule has 3 rings (SSSR count). The molecule has 0 N–H and O–H groups in total. The van der Waals surface area contributed by atoms with Crippen LogP contribution in [0.2, 0.25) is 0 Å². The van der Waals surface area contributed by atoms with Gasteiger partial charge in [-0.2, -0.15) is 4.98 Å². The van der Waals surface area contributed by atoms with Gasteiger partial charge in [0.05, 0.1) is 5.69 Å². The summed E-state index contributed by atoms with van der Waals surface area (Å²) < 4.78 is 5.55. The minimum absolute atomic E-state index is 0.629. The van der Waals surface area contributed by atoms with Gasteiger partial charge in [-0.25, -0.2) is 4.98 Å². The molecule has 3 aromatic heterocycles. The van der Waals surface area contributed by atoms with Gasteiger partial charge < -0.3 is 4.42 Å². The average Bonchev–Trinajstić information content (AvgIpc) is 2.80. The van der Waals surface area contributed by atoms with Crippen LogP contribution in [0.15, 0.2) is 52.4 Å². The molecule has 0 saturated carbocycles. The van der Waals surface area contributed by atoms with E-state index in [1.807, 2.05) is 30.3 Å². The Morgan fingerprint density at radius 2 is 2.00 bits per heavy atom. The molecule has 0 saturated heterocycles. The first-order chi connectivity index (χ1) is 8.42. The fraction of sp³-hybridized carbons (Fsp3) is 0.0833. The van der Waals surface area contributed by atoms with Gasteiger partial charge >= 0.3 is 0 Å². The highest BCUT2D eigenvalue weighted by molar-refractivity contribution is 7.98. The van der Waals surface area contributed by atoms with Gasteiger partial charge in [0.15, 0.2) is 11.2 Å². The number of aromatic nitrogens is 3. The van der Waals surface area contributed by atoms with E-state index in [0.29, 0.717) is 10.9 Å². The van der Waals surface area contributed by atoms with Crippen molar-refractivity contribution in [1.29, 1.82) is 0 Å². The van der Waals surface area contributed by atoms with E-state index in [4.69, 9.17) is 4.42 Å². The first-order valence-electron chi connectivity index (χ1n) is 5.16. The third-order valence-corrected chi connectivity index (χ3v) is 3.08. The molecular formula is C12H9N3OS. The predicted octanol–water partition coefficient (Wildman–Crippen LogP) is 2.91. The summed E-state index contributed by atoms with van der Waals surface area (Å²) in [6.45, 7) is 0. The van der Waals surface area contributed by atoms with Crippen LogP contribution in [0.5, 0.6) is 0 Å². The molecule has 0 atom stereocenters. The second kappa shape index (κ2) is 4.55. The van der Waals surface area contributed by atoms with Crippen LogP contribution in [-0.4, -0.2) is 15.0 Å². The monoisotopic (exact) mass is 243 g/mol. The van der Waals surface area contributed by atoms with Gasteiger partial charge in [-0.1, -0.05) is 17.8 Å². The molecule has 17 heavy (non-hydrogen) atoms. The topological polar surface area (TPSA) is 51.8 Å². The van der Waals surface area contributed by atoms with Crippen LogP contribution in [0.3, 0.4) is 0 Å². The molecular weight excluding hydrogens is 234 g/mol. The van der Waals surface area contributed by atoms with Gasteiger partial charge in [0.25, 0.3) is 5.22 Å². The predicted molar refractivity (Wildman–Crippen MR) is 65.6 cm³/mol. The maximum Gasteiger partial charge on any atom is 0.258 e. The highest BCUT2D eigenvalue weighted by Gasteiger charge is 2.06. The minimum Gasteiger partial charge on any atom is -0.430 e. The summed E-state index contributed by atoms with van der Waals surface area (Å²) >= 11 is 1.52. The Morgan fingerprint density at radius 3 is 2.82 bits per heavy atom. The van der Waals surface area contributed by atoms with E-state index >= 15 is 0 Å². The number of fused-ring (bicyclic) bond motifs is 1. The quantitative estimate of drug-likeness (QED) is 0.662. The smallest absolute Gasteiger partial charge is 0.258 e. The third kappa shape index (κ3) is 2.29. The largest absolute Gasteiger partial charge is 0.430 e. The van der Waals surface area contributed by atoms with Crippen LogP contribution in [0, 0.1) is 0 Å². The maximum absolute atomic E-state index is 5.55. The van der Waals surface area contributed by atoms with Crippen molar-refractivity contribution in [2.24, 2.45) is 0 Å². The van der Waals surface area contributed by atoms with Crippen LogP contribution in [0.25, 0.3) is 11.2 Å². The molecule has 5 heteroatoms.